The van der Waals surface area contributed by atoms with E-state index in [9.17, 15) is 14.0 Å². The number of likely N-dealkylation sites (N-methyl/N-ethyl adjacent to an activating group) is 1. The molecule has 2 N–H and O–H groups in total. The first kappa shape index (κ1) is 23.9. The lowest BCUT2D eigenvalue weighted by Crippen LogP contribution is -2.43. The van der Waals surface area contributed by atoms with E-state index in [0.29, 0.717) is 41.2 Å². The fourth-order valence-electron chi connectivity index (χ4n) is 4.36. The molecule has 5 rings (SSSR count). The van der Waals surface area contributed by atoms with Crippen molar-refractivity contribution in [2.45, 2.75) is 19.4 Å². The van der Waals surface area contributed by atoms with Crippen LogP contribution in [0.15, 0.2) is 54.7 Å². The highest BCUT2D eigenvalue weighted by Gasteiger charge is 2.21. The highest BCUT2D eigenvalue weighted by atomic mass is 19.1. The third-order valence-electron chi connectivity index (χ3n) is 6.50. The van der Waals surface area contributed by atoms with Crippen molar-refractivity contribution in [3.8, 4) is 11.5 Å². The number of anilines is 2. The predicted octanol–water partition coefficient (Wildman–Crippen LogP) is 3.90. The van der Waals surface area contributed by atoms with Crippen LogP contribution in [0.4, 0.5) is 15.9 Å². The summed E-state index contributed by atoms with van der Waals surface area (Å²) in [6, 6.07) is 13.4. The van der Waals surface area contributed by atoms with E-state index in [1.54, 1.807) is 18.2 Å². The zero-order chi connectivity index (χ0) is 25.1. The summed E-state index contributed by atoms with van der Waals surface area (Å²) in [5.74, 6) is -0.159. The number of ether oxygens (including phenoxy) is 1. The first-order chi connectivity index (χ1) is 17.4. The van der Waals surface area contributed by atoms with Gasteiger partial charge in [0.05, 0.1) is 0 Å². The molecule has 0 saturated carbocycles. The van der Waals surface area contributed by atoms with Crippen molar-refractivity contribution in [2.24, 2.45) is 0 Å². The van der Waals surface area contributed by atoms with Crippen molar-refractivity contribution >= 4 is 23.3 Å². The average molecular weight is 490 g/mol. The quantitative estimate of drug-likeness (QED) is 0.546. The number of carbonyl (C=O) groups is 2. The van der Waals surface area contributed by atoms with Gasteiger partial charge in [-0.25, -0.2) is 9.37 Å². The summed E-state index contributed by atoms with van der Waals surface area (Å²) >= 11 is 0. The molecule has 0 unspecified atom stereocenters. The molecule has 0 atom stereocenters. The van der Waals surface area contributed by atoms with Crippen LogP contribution < -0.4 is 15.4 Å². The summed E-state index contributed by atoms with van der Waals surface area (Å²) in [5, 5.41) is 5.51. The van der Waals surface area contributed by atoms with Gasteiger partial charge in [-0.1, -0.05) is 12.1 Å². The van der Waals surface area contributed by atoms with Crippen molar-refractivity contribution < 1.29 is 18.7 Å². The number of hydrogen-bond acceptors (Lipinski definition) is 6. The number of aromatic nitrogens is 1. The smallest absolute Gasteiger partial charge is 0.255 e. The Morgan fingerprint density at radius 1 is 1.06 bits per heavy atom. The monoisotopic (exact) mass is 489 g/mol. The Bertz CT molecular complexity index is 1270. The molecule has 0 aliphatic carbocycles. The minimum Gasteiger partial charge on any atom is -0.454 e. The Labute approximate surface area is 209 Å². The summed E-state index contributed by atoms with van der Waals surface area (Å²) in [6.45, 7) is 5.04. The molecule has 8 nitrogen and oxygen atoms in total. The van der Waals surface area contributed by atoms with Crippen molar-refractivity contribution in [1.29, 1.82) is 0 Å². The molecule has 186 valence electrons. The predicted molar refractivity (Wildman–Crippen MR) is 135 cm³/mol. The van der Waals surface area contributed by atoms with Crippen molar-refractivity contribution in [3.05, 3.63) is 77.2 Å². The molecule has 2 aliphatic rings. The number of nitrogens with one attached hydrogen (secondary N) is 2. The van der Waals surface area contributed by atoms with E-state index in [0.717, 1.165) is 38.3 Å². The molecule has 2 aliphatic heterocycles. The number of benzene rings is 2. The molecular formula is C27H28FN5O3. The van der Waals surface area contributed by atoms with Crippen molar-refractivity contribution in [3.63, 3.8) is 0 Å². The SMILES string of the molecule is CN1CCN(Cc2ccc(C(=O)Nc3ccc(F)c(Oc4ccnc5c4CCC(=O)N5)c3)cc2)CC1. The van der Waals surface area contributed by atoms with E-state index in [1.807, 2.05) is 12.1 Å². The maximum absolute atomic E-state index is 14.5. The summed E-state index contributed by atoms with van der Waals surface area (Å²) in [7, 11) is 2.13. The number of fused-ring (bicyclic) bond motifs is 1. The lowest BCUT2D eigenvalue weighted by atomic mass is 10.1. The summed E-state index contributed by atoms with van der Waals surface area (Å²) in [5.41, 5.74) is 2.80. The maximum Gasteiger partial charge on any atom is 0.255 e. The normalized spacial score (nSPS) is 16.2. The fourth-order valence-corrected chi connectivity index (χ4v) is 4.36. The van der Waals surface area contributed by atoms with Crippen LogP contribution in [0.1, 0.15) is 27.9 Å². The van der Waals surface area contributed by atoms with Crippen LogP contribution in [0.2, 0.25) is 0 Å². The molecular weight excluding hydrogens is 461 g/mol. The van der Waals surface area contributed by atoms with Gasteiger partial charge >= 0.3 is 0 Å². The highest BCUT2D eigenvalue weighted by molar-refractivity contribution is 6.04. The van der Waals surface area contributed by atoms with Gasteiger partial charge in [0.15, 0.2) is 11.6 Å². The number of amides is 2. The number of pyridine rings is 1. The van der Waals surface area contributed by atoms with Gasteiger partial charge in [0, 0.05) is 68.2 Å². The van der Waals surface area contributed by atoms with Crippen LogP contribution in [0.5, 0.6) is 11.5 Å². The zero-order valence-electron chi connectivity index (χ0n) is 20.1. The molecule has 2 amide bonds. The van der Waals surface area contributed by atoms with E-state index in [-0.39, 0.29) is 17.6 Å². The Balaban J connectivity index is 1.25. The average Bonchev–Trinajstić information content (AvgIpc) is 2.88. The molecule has 9 heteroatoms. The fraction of sp³-hybridized carbons (Fsp3) is 0.296. The molecule has 3 heterocycles. The van der Waals surface area contributed by atoms with E-state index in [1.165, 1.54) is 24.4 Å². The lowest BCUT2D eigenvalue weighted by Gasteiger charge is -2.32. The number of rotatable bonds is 6. The number of piperazine rings is 1. The van der Waals surface area contributed by atoms with Crippen LogP contribution in [0.3, 0.4) is 0 Å². The second-order valence-electron chi connectivity index (χ2n) is 9.16. The Morgan fingerprint density at radius 3 is 2.61 bits per heavy atom. The number of hydrogen-bond donors (Lipinski definition) is 2. The molecule has 0 spiro atoms. The molecule has 1 aromatic heterocycles. The second-order valence-corrected chi connectivity index (χ2v) is 9.16. The van der Waals surface area contributed by atoms with Crippen LogP contribution in [0.25, 0.3) is 0 Å². The maximum atomic E-state index is 14.5. The van der Waals surface area contributed by atoms with Crippen LogP contribution in [-0.2, 0) is 17.8 Å². The largest absolute Gasteiger partial charge is 0.454 e. The minimum absolute atomic E-state index is 0.0272. The Morgan fingerprint density at radius 2 is 1.83 bits per heavy atom. The van der Waals surface area contributed by atoms with Crippen LogP contribution in [0, 0.1) is 5.82 Å². The summed E-state index contributed by atoms with van der Waals surface area (Å²) in [4.78, 5) is 33.3. The van der Waals surface area contributed by atoms with Crippen molar-refractivity contribution in [2.75, 3.05) is 43.9 Å². The molecule has 3 aromatic rings. The molecule has 36 heavy (non-hydrogen) atoms. The standard InChI is InChI=1S/C27H28FN5O3/c1-32-12-14-33(15-13-32)17-18-2-4-19(5-3-18)27(35)30-20-6-8-22(28)24(16-20)36-23-10-11-29-26-21(23)7-9-25(34)31-26/h2-6,8,10-11,16H,7,9,12-15,17H2,1H3,(H,30,35)(H,29,31,34). The number of nitrogens with zero attached hydrogens (tertiary/aromatic N) is 3. The van der Waals surface area contributed by atoms with Crippen molar-refractivity contribution in [1.82, 2.24) is 14.8 Å². The third-order valence-corrected chi connectivity index (χ3v) is 6.50. The second kappa shape index (κ2) is 10.4. The highest BCUT2D eigenvalue weighted by Crippen LogP contribution is 2.34. The molecule has 2 aromatic carbocycles. The van der Waals surface area contributed by atoms with Gasteiger partial charge in [-0.3, -0.25) is 14.5 Å². The number of halogens is 1. The van der Waals surface area contributed by atoms with Gasteiger partial charge in [0.2, 0.25) is 5.91 Å². The summed E-state index contributed by atoms with van der Waals surface area (Å²) < 4.78 is 20.4. The van der Waals surface area contributed by atoms with Gasteiger partial charge in [-0.05, 0) is 49.4 Å². The van der Waals surface area contributed by atoms with Crippen LogP contribution in [-0.4, -0.2) is 59.8 Å². The van der Waals surface area contributed by atoms with Crippen LogP contribution >= 0.6 is 0 Å². The first-order valence-corrected chi connectivity index (χ1v) is 12.0. The Hall–Kier alpha value is -3.82. The number of carbonyl (C=O) groups excluding carboxylic acids is 2. The summed E-state index contributed by atoms with van der Waals surface area (Å²) in [6.07, 6.45) is 2.26. The lowest BCUT2D eigenvalue weighted by molar-refractivity contribution is -0.116. The topological polar surface area (TPSA) is 86.8 Å². The first-order valence-electron chi connectivity index (χ1n) is 12.0. The van der Waals surface area contributed by atoms with Gasteiger partial charge in [0.25, 0.3) is 5.91 Å². The molecule has 0 bridgehead atoms. The van der Waals surface area contributed by atoms with Gasteiger partial charge in [0.1, 0.15) is 11.6 Å². The molecule has 1 saturated heterocycles. The third kappa shape index (κ3) is 5.53. The van der Waals surface area contributed by atoms with Gasteiger partial charge in [-0.15, -0.1) is 0 Å². The van der Waals surface area contributed by atoms with E-state index >= 15 is 0 Å². The van der Waals surface area contributed by atoms with Gasteiger partial charge < -0.3 is 20.3 Å². The van der Waals surface area contributed by atoms with Gasteiger partial charge in [-0.2, -0.15) is 0 Å². The van der Waals surface area contributed by atoms with E-state index < -0.39 is 5.82 Å². The molecule has 0 radical (unpaired) electrons. The Kier molecular flexibility index (Phi) is 6.92. The zero-order valence-corrected chi connectivity index (χ0v) is 20.1. The van der Waals surface area contributed by atoms with E-state index in [2.05, 4.69) is 32.5 Å². The van der Waals surface area contributed by atoms with E-state index in [4.69, 9.17) is 4.74 Å². The molecule has 1 fully saturated rings. The minimum atomic E-state index is -0.563.